The Morgan fingerprint density at radius 3 is 2.85 bits per heavy atom. The smallest absolute Gasteiger partial charge is 0.151 e. The lowest BCUT2D eigenvalue weighted by Gasteiger charge is -2.17. The molecular weight excluding hydrogens is 274 g/mol. The van der Waals surface area contributed by atoms with Crippen molar-refractivity contribution in [3.05, 3.63) is 23.3 Å². The predicted octanol–water partition coefficient (Wildman–Crippen LogP) is 1.37. The Morgan fingerprint density at radius 1 is 1.30 bits per heavy atom. The van der Waals surface area contributed by atoms with Gasteiger partial charge in [0, 0.05) is 29.4 Å². The van der Waals surface area contributed by atoms with Gasteiger partial charge in [0.05, 0.1) is 11.5 Å². The Balaban J connectivity index is 1.91. The minimum absolute atomic E-state index is 0.0124. The molecule has 1 N–H and O–H groups in total. The molecule has 0 saturated carbocycles. The highest BCUT2D eigenvalue weighted by atomic mass is 32.2. The standard InChI is InChI=1S/C14H21N3O2S/c1-15-12-4-2-3-5-13-11(12)8-16-14(17-13)10-6-7-20(18,19)9-10/h8,10,12,15H,2-7,9H2,1H3. The molecule has 6 heteroatoms. The number of hydrogen-bond donors (Lipinski definition) is 1. The van der Waals surface area contributed by atoms with E-state index in [1.165, 1.54) is 12.0 Å². The minimum atomic E-state index is -2.88. The first kappa shape index (κ1) is 13.9. The summed E-state index contributed by atoms with van der Waals surface area (Å²) >= 11 is 0. The van der Waals surface area contributed by atoms with Crippen molar-refractivity contribution in [2.75, 3.05) is 18.6 Å². The van der Waals surface area contributed by atoms with E-state index < -0.39 is 9.84 Å². The van der Waals surface area contributed by atoms with Crippen LogP contribution in [0.4, 0.5) is 0 Å². The van der Waals surface area contributed by atoms with E-state index in [1.54, 1.807) is 0 Å². The molecule has 5 nitrogen and oxygen atoms in total. The van der Waals surface area contributed by atoms with E-state index >= 15 is 0 Å². The summed E-state index contributed by atoms with van der Waals surface area (Å²) < 4.78 is 23.2. The number of hydrogen-bond acceptors (Lipinski definition) is 5. The number of nitrogens with one attached hydrogen (secondary N) is 1. The maximum absolute atomic E-state index is 11.6. The summed E-state index contributed by atoms with van der Waals surface area (Å²) in [7, 11) is -0.910. The van der Waals surface area contributed by atoms with E-state index in [0.717, 1.165) is 30.8 Å². The molecule has 1 fully saturated rings. The van der Waals surface area contributed by atoms with E-state index in [-0.39, 0.29) is 17.4 Å². The van der Waals surface area contributed by atoms with E-state index in [9.17, 15) is 8.42 Å². The maximum Gasteiger partial charge on any atom is 0.151 e. The second-order valence-corrected chi connectivity index (χ2v) is 8.05. The third-order valence-electron chi connectivity index (χ3n) is 4.40. The van der Waals surface area contributed by atoms with E-state index in [0.29, 0.717) is 12.5 Å². The first-order chi connectivity index (χ1) is 9.59. The minimum Gasteiger partial charge on any atom is -0.313 e. The van der Waals surface area contributed by atoms with Gasteiger partial charge in [0.15, 0.2) is 9.84 Å². The maximum atomic E-state index is 11.6. The molecule has 0 spiro atoms. The number of aryl methyl sites for hydroxylation is 1. The van der Waals surface area contributed by atoms with Crippen molar-refractivity contribution in [2.24, 2.45) is 0 Å². The van der Waals surface area contributed by atoms with Gasteiger partial charge in [-0.3, -0.25) is 0 Å². The summed E-state index contributed by atoms with van der Waals surface area (Å²) in [5, 5.41) is 3.33. The molecule has 1 aliphatic heterocycles. The van der Waals surface area contributed by atoms with Gasteiger partial charge in [-0.15, -0.1) is 0 Å². The molecule has 110 valence electrons. The lowest BCUT2D eigenvalue weighted by Crippen LogP contribution is -2.18. The fourth-order valence-electron chi connectivity index (χ4n) is 3.22. The Morgan fingerprint density at radius 2 is 2.15 bits per heavy atom. The highest BCUT2D eigenvalue weighted by Gasteiger charge is 2.31. The van der Waals surface area contributed by atoms with Crippen molar-refractivity contribution in [1.82, 2.24) is 15.3 Å². The zero-order valence-electron chi connectivity index (χ0n) is 11.8. The van der Waals surface area contributed by atoms with Crippen LogP contribution in [0.3, 0.4) is 0 Å². The van der Waals surface area contributed by atoms with Crippen molar-refractivity contribution in [3.63, 3.8) is 0 Å². The number of aromatic nitrogens is 2. The SMILES string of the molecule is CNC1CCCCc2nc(C3CCS(=O)(=O)C3)ncc21. The molecule has 20 heavy (non-hydrogen) atoms. The summed E-state index contributed by atoms with van der Waals surface area (Å²) in [6.45, 7) is 0. The third-order valence-corrected chi connectivity index (χ3v) is 6.16. The normalized spacial score (nSPS) is 28.9. The average Bonchev–Trinajstić information content (AvgIpc) is 2.68. The third kappa shape index (κ3) is 2.72. The molecular formula is C14H21N3O2S. The molecule has 0 bridgehead atoms. The van der Waals surface area contributed by atoms with Gasteiger partial charge in [-0.25, -0.2) is 18.4 Å². The number of rotatable bonds is 2. The highest BCUT2D eigenvalue weighted by molar-refractivity contribution is 7.91. The van der Waals surface area contributed by atoms with Crippen molar-refractivity contribution in [3.8, 4) is 0 Å². The fourth-order valence-corrected chi connectivity index (χ4v) is 4.96. The predicted molar refractivity (Wildman–Crippen MR) is 77.4 cm³/mol. The first-order valence-electron chi connectivity index (χ1n) is 7.32. The van der Waals surface area contributed by atoms with Crippen LogP contribution in [-0.4, -0.2) is 36.9 Å². The molecule has 2 unspecified atom stereocenters. The second-order valence-electron chi connectivity index (χ2n) is 5.82. The zero-order chi connectivity index (χ0) is 14.2. The van der Waals surface area contributed by atoms with Crippen LogP contribution in [0, 0.1) is 0 Å². The molecule has 1 aromatic heterocycles. The van der Waals surface area contributed by atoms with Crippen LogP contribution in [0.5, 0.6) is 0 Å². The average molecular weight is 295 g/mol. The topological polar surface area (TPSA) is 72.0 Å². The lowest BCUT2D eigenvalue weighted by molar-refractivity contribution is 0.531. The van der Waals surface area contributed by atoms with Crippen LogP contribution in [0.25, 0.3) is 0 Å². The van der Waals surface area contributed by atoms with E-state index in [2.05, 4.69) is 10.3 Å². The van der Waals surface area contributed by atoms with Crippen molar-refractivity contribution >= 4 is 9.84 Å². The van der Waals surface area contributed by atoms with Crippen LogP contribution in [0.15, 0.2) is 6.20 Å². The van der Waals surface area contributed by atoms with Crippen LogP contribution < -0.4 is 5.32 Å². The number of nitrogens with zero attached hydrogens (tertiary/aromatic N) is 2. The molecule has 0 aromatic carbocycles. The van der Waals surface area contributed by atoms with Gasteiger partial charge in [-0.1, -0.05) is 6.42 Å². The largest absolute Gasteiger partial charge is 0.313 e. The molecule has 0 radical (unpaired) electrons. The van der Waals surface area contributed by atoms with Gasteiger partial charge >= 0.3 is 0 Å². The van der Waals surface area contributed by atoms with Gasteiger partial charge in [-0.05, 0) is 32.7 Å². The van der Waals surface area contributed by atoms with Crippen LogP contribution >= 0.6 is 0 Å². The number of sulfone groups is 1. The second kappa shape index (κ2) is 5.41. The molecule has 1 aliphatic carbocycles. The molecule has 0 amide bonds. The van der Waals surface area contributed by atoms with Crippen molar-refractivity contribution in [1.29, 1.82) is 0 Å². The molecule has 3 rings (SSSR count). The Kier molecular flexibility index (Phi) is 3.77. The van der Waals surface area contributed by atoms with E-state index in [1.807, 2.05) is 13.2 Å². The monoisotopic (exact) mass is 295 g/mol. The highest BCUT2D eigenvalue weighted by Crippen LogP contribution is 2.30. The van der Waals surface area contributed by atoms with Crippen LogP contribution in [0.2, 0.25) is 0 Å². The van der Waals surface area contributed by atoms with Crippen LogP contribution in [0.1, 0.15) is 54.7 Å². The lowest BCUT2D eigenvalue weighted by atomic mass is 10.0. The fraction of sp³-hybridized carbons (Fsp3) is 0.714. The molecule has 1 aromatic rings. The Hall–Kier alpha value is -1.01. The van der Waals surface area contributed by atoms with Gasteiger partial charge in [0.1, 0.15) is 5.82 Å². The van der Waals surface area contributed by atoms with Gasteiger partial charge in [-0.2, -0.15) is 0 Å². The van der Waals surface area contributed by atoms with Gasteiger partial charge in [0.25, 0.3) is 0 Å². The summed E-state index contributed by atoms with van der Waals surface area (Å²) in [6, 6.07) is 0.328. The molecule has 2 aliphatic rings. The van der Waals surface area contributed by atoms with Gasteiger partial charge < -0.3 is 5.32 Å². The van der Waals surface area contributed by atoms with Crippen molar-refractivity contribution < 1.29 is 8.42 Å². The van der Waals surface area contributed by atoms with Gasteiger partial charge in [0.2, 0.25) is 0 Å². The van der Waals surface area contributed by atoms with Crippen LogP contribution in [-0.2, 0) is 16.3 Å². The summed E-state index contributed by atoms with van der Waals surface area (Å²) in [6.07, 6.45) is 7.00. The number of fused-ring (bicyclic) bond motifs is 1. The first-order valence-corrected chi connectivity index (χ1v) is 9.14. The quantitative estimate of drug-likeness (QED) is 0.834. The summed E-state index contributed by atoms with van der Waals surface area (Å²) in [5.74, 6) is 1.20. The molecule has 1 saturated heterocycles. The Bertz CT molecular complexity index is 600. The summed E-state index contributed by atoms with van der Waals surface area (Å²) in [5.41, 5.74) is 2.30. The van der Waals surface area contributed by atoms with E-state index in [4.69, 9.17) is 4.98 Å². The zero-order valence-corrected chi connectivity index (χ0v) is 12.6. The molecule has 2 atom stereocenters. The molecule has 2 heterocycles. The summed E-state index contributed by atoms with van der Waals surface area (Å²) in [4.78, 5) is 9.17. The van der Waals surface area contributed by atoms with Crippen molar-refractivity contribution in [2.45, 2.75) is 44.1 Å². The Labute approximate surface area is 120 Å².